The van der Waals surface area contributed by atoms with Crippen molar-refractivity contribution in [3.05, 3.63) is 12.2 Å². The molecule has 0 radical (unpaired) electrons. The number of hydrogen-bond donors (Lipinski definition) is 3. The van der Waals surface area contributed by atoms with Gasteiger partial charge < -0.3 is 20.9 Å². The molecule has 17 heavy (non-hydrogen) atoms. The van der Waals surface area contributed by atoms with Gasteiger partial charge in [-0.25, -0.2) is 0 Å². The van der Waals surface area contributed by atoms with Crippen LogP contribution in [0.2, 0.25) is 0 Å². The number of aromatic nitrogens is 3. The van der Waals surface area contributed by atoms with Crippen LogP contribution in [0.5, 0.6) is 0 Å². The van der Waals surface area contributed by atoms with E-state index in [1.807, 2.05) is 0 Å². The van der Waals surface area contributed by atoms with Gasteiger partial charge in [-0.1, -0.05) is 12.2 Å². The molecule has 4 N–H and O–H groups in total. The molecule has 0 spiro atoms. The molecule has 92 valence electrons. The molecule has 0 saturated carbocycles. The van der Waals surface area contributed by atoms with Crippen molar-refractivity contribution in [1.29, 1.82) is 0 Å². The van der Waals surface area contributed by atoms with Crippen molar-refractivity contribution in [3.63, 3.8) is 0 Å². The minimum atomic E-state index is -0.792. The van der Waals surface area contributed by atoms with E-state index in [-0.39, 0.29) is 18.1 Å². The Bertz CT molecular complexity index is 443. The maximum Gasteiger partial charge on any atom is 0.309 e. The SMILES string of the molecule is Cn1cnnc1CNC(=O)C(=O)NCC(N)=S. The highest BCUT2D eigenvalue weighted by Gasteiger charge is 2.13. The zero-order chi connectivity index (χ0) is 12.8. The first-order chi connectivity index (χ1) is 8.00. The smallest absolute Gasteiger partial charge is 0.309 e. The van der Waals surface area contributed by atoms with Gasteiger partial charge in [-0.15, -0.1) is 10.2 Å². The van der Waals surface area contributed by atoms with E-state index in [1.165, 1.54) is 6.33 Å². The van der Waals surface area contributed by atoms with Crippen molar-refractivity contribution in [1.82, 2.24) is 25.4 Å². The lowest BCUT2D eigenvalue weighted by molar-refractivity contribution is -0.139. The number of nitrogens with zero attached hydrogens (tertiary/aromatic N) is 3. The van der Waals surface area contributed by atoms with Crippen LogP contribution in [0.4, 0.5) is 0 Å². The van der Waals surface area contributed by atoms with Crippen LogP contribution >= 0.6 is 12.2 Å². The molecule has 1 aromatic rings. The zero-order valence-corrected chi connectivity index (χ0v) is 9.95. The Labute approximate surface area is 103 Å². The molecular weight excluding hydrogens is 244 g/mol. The third kappa shape index (κ3) is 4.15. The molecule has 1 heterocycles. The molecule has 0 atom stereocenters. The second-order valence-electron chi connectivity index (χ2n) is 3.19. The Morgan fingerprint density at radius 3 is 2.65 bits per heavy atom. The van der Waals surface area contributed by atoms with Crippen LogP contribution < -0.4 is 16.4 Å². The van der Waals surface area contributed by atoms with Crippen LogP contribution in [0.3, 0.4) is 0 Å². The maximum absolute atomic E-state index is 11.3. The van der Waals surface area contributed by atoms with Crippen LogP contribution in [0.25, 0.3) is 0 Å². The lowest BCUT2D eigenvalue weighted by Gasteiger charge is -2.05. The van der Waals surface area contributed by atoms with Crippen molar-refractivity contribution in [2.45, 2.75) is 6.54 Å². The molecule has 0 aliphatic carbocycles. The van der Waals surface area contributed by atoms with E-state index in [9.17, 15) is 9.59 Å². The quantitative estimate of drug-likeness (QED) is 0.417. The standard InChI is InChI=1S/C8H12N6O2S/c1-14-4-12-13-6(14)3-11-8(16)7(15)10-2-5(9)17/h4H,2-3H2,1H3,(H2,9,17)(H,10,15)(H,11,16). The van der Waals surface area contributed by atoms with E-state index in [4.69, 9.17) is 5.73 Å². The van der Waals surface area contributed by atoms with Crippen molar-refractivity contribution in [2.24, 2.45) is 12.8 Å². The van der Waals surface area contributed by atoms with E-state index in [2.05, 4.69) is 33.0 Å². The van der Waals surface area contributed by atoms with Crippen LogP contribution in [-0.4, -0.2) is 38.1 Å². The molecular formula is C8H12N6O2S. The summed E-state index contributed by atoms with van der Waals surface area (Å²) in [4.78, 5) is 22.6. The van der Waals surface area contributed by atoms with Gasteiger partial charge in [0.25, 0.3) is 0 Å². The summed E-state index contributed by atoms with van der Waals surface area (Å²) in [6.45, 7) is 0.112. The number of nitrogens with two attached hydrogens (primary N) is 1. The second-order valence-corrected chi connectivity index (χ2v) is 3.71. The van der Waals surface area contributed by atoms with Crippen LogP contribution in [0.15, 0.2) is 6.33 Å². The van der Waals surface area contributed by atoms with Gasteiger partial charge in [-0.05, 0) is 0 Å². The molecule has 0 unspecified atom stereocenters. The van der Waals surface area contributed by atoms with Crippen molar-refractivity contribution in [2.75, 3.05) is 6.54 Å². The van der Waals surface area contributed by atoms with Crippen molar-refractivity contribution in [3.8, 4) is 0 Å². The number of carbonyl (C=O) groups is 2. The molecule has 2 amide bonds. The molecule has 0 bridgehead atoms. The molecule has 8 nitrogen and oxygen atoms in total. The number of rotatable bonds is 4. The number of amides is 2. The third-order valence-electron chi connectivity index (χ3n) is 1.84. The topological polar surface area (TPSA) is 115 Å². The van der Waals surface area contributed by atoms with Gasteiger partial charge in [-0.2, -0.15) is 0 Å². The predicted octanol–water partition coefficient (Wildman–Crippen LogP) is -2.17. The lowest BCUT2D eigenvalue weighted by atomic mass is 10.5. The van der Waals surface area contributed by atoms with Crippen LogP contribution in [-0.2, 0) is 23.2 Å². The summed E-state index contributed by atoms with van der Waals surface area (Å²) in [6.07, 6.45) is 1.49. The fourth-order valence-corrected chi connectivity index (χ4v) is 1.03. The highest BCUT2D eigenvalue weighted by molar-refractivity contribution is 7.80. The van der Waals surface area contributed by atoms with Crippen molar-refractivity contribution < 1.29 is 9.59 Å². The zero-order valence-electron chi connectivity index (χ0n) is 9.14. The highest BCUT2D eigenvalue weighted by Crippen LogP contribution is 1.89. The Hall–Kier alpha value is -2.03. The van der Waals surface area contributed by atoms with Gasteiger partial charge in [0.05, 0.1) is 18.1 Å². The van der Waals surface area contributed by atoms with Crippen LogP contribution in [0.1, 0.15) is 5.82 Å². The molecule has 0 aromatic carbocycles. The monoisotopic (exact) mass is 256 g/mol. The highest BCUT2D eigenvalue weighted by atomic mass is 32.1. The second kappa shape index (κ2) is 5.89. The normalized spacial score (nSPS) is 9.71. The lowest BCUT2D eigenvalue weighted by Crippen LogP contribution is -2.42. The molecule has 1 rings (SSSR count). The summed E-state index contributed by atoms with van der Waals surface area (Å²) in [5.41, 5.74) is 5.18. The molecule has 0 aliphatic rings. The fraction of sp³-hybridized carbons (Fsp3) is 0.375. The maximum atomic E-state index is 11.3. The van der Waals surface area contributed by atoms with Crippen LogP contribution in [0, 0.1) is 0 Å². The van der Waals surface area contributed by atoms with E-state index in [0.29, 0.717) is 5.82 Å². The van der Waals surface area contributed by atoms with Crippen molar-refractivity contribution >= 4 is 29.0 Å². The summed E-state index contributed by atoms with van der Waals surface area (Å²) >= 11 is 4.56. The van der Waals surface area contributed by atoms with E-state index in [1.54, 1.807) is 11.6 Å². The Morgan fingerprint density at radius 2 is 2.12 bits per heavy atom. The van der Waals surface area contributed by atoms with E-state index < -0.39 is 11.8 Å². The summed E-state index contributed by atoms with van der Waals surface area (Å²) in [5, 5.41) is 12.0. The minimum absolute atomic E-state index is 0.00839. The molecule has 0 saturated heterocycles. The number of aryl methyl sites for hydroxylation is 1. The van der Waals surface area contributed by atoms with Gasteiger partial charge in [0, 0.05) is 7.05 Å². The number of thiocarbonyl (C=S) groups is 1. The molecule has 1 aromatic heterocycles. The van der Waals surface area contributed by atoms with Gasteiger partial charge in [0.2, 0.25) is 0 Å². The van der Waals surface area contributed by atoms with Gasteiger partial charge in [0.15, 0.2) is 5.82 Å². The first-order valence-electron chi connectivity index (χ1n) is 4.68. The first kappa shape index (κ1) is 13.0. The molecule has 9 heteroatoms. The summed E-state index contributed by atoms with van der Waals surface area (Å²) < 4.78 is 1.63. The predicted molar refractivity (Wildman–Crippen MR) is 62.6 cm³/mol. The average molecular weight is 256 g/mol. The largest absolute Gasteiger partial charge is 0.392 e. The molecule has 0 fully saturated rings. The number of carbonyl (C=O) groups excluding carboxylic acids is 2. The van der Waals surface area contributed by atoms with E-state index in [0.717, 1.165) is 0 Å². The number of hydrogen-bond acceptors (Lipinski definition) is 5. The Balaban J connectivity index is 2.37. The minimum Gasteiger partial charge on any atom is -0.392 e. The van der Waals surface area contributed by atoms with Gasteiger partial charge in [0.1, 0.15) is 6.33 Å². The number of nitrogens with one attached hydrogen (secondary N) is 2. The summed E-state index contributed by atoms with van der Waals surface area (Å²) in [6, 6.07) is 0. The third-order valence-corrected chi connectivity index (χ3v) is 1.99. The van der Waals surface area contributed by atoms with E-state index >= 15 is 0 Å². The first-order valence-corrected chi connectivity index (χ1v) is 5.08. The Morgan fingerprint density at radius 1 is 1.47 bits per heavy atom. The molecule has 0 aliphatic heterocycles. The van der Waals surface area contributed by atoms with Gasteiger partial charge in [-0.3, -0.25) is 9.59 Å². The fourth-order valence-electron chi connectivity index (χ4n) is 0.954. The average Bonchev–Trinajstić information content (AvgIpc) is 2.68. The van der Waals surface area contributed by atoms with Gasteiger partial charge >= 0.3 is 11.8 Å². The summed E-state index contributed by atoms with van der Waals surface area (Å²) in [5.74, 6) is -1.02. The summed E-state index contributed by atoms with van der Waals surface area (Å²) in [7, 11) is 1.73. The Kier molecular flexibility index (Phi) is 4.52.